The van der Waals surface area contributed by atoms with E-state index in [1.54, 1.807) is 0 Å². The highest BCUT2D eigenvalue weighted by Gasteiger charge is 2.19. The highest BCUT2D eigenvalue weighted by atomic mass is 79.9. The molecule has 0 spiro atoms. The van der Waals surface area contributed by atoms with Gasteiger partial charge in [0.1, 0.15) is 5.69 Å². The molecule has 0 bridgehead atoms. The van der Waals surface area contributed by atoms with Crippen molar-refractivity contribution in [2.45, 2.75) is 11.4 Å². The molecule has 112 valence electrons. The fourth-order valence-electron chi connectivity index (χ4n) is 1.64. The van der Waals surface area contributed by atoms with E-state index >= 15 is 0 Å². The Morgan fingerprint density at radius 1 is 1.10 bits per heavy atom. The number of benzene rings is 2. The van der Waals surface area contributed by atoms with E-state index in [2.05, 4.69) is 15.9 Å². The van der Waals surface area contributed by atoms with Crippen molar-refractivity contribution in [1.29, 1.82) is 0 Å². The van der Waals surface area contributed by atoms with Gasteiger partial charge in [-0.3, -0.25) is 4.72 Å². The molecule has 21 heavy (non-hydrogen) atoms. The summed E-state index contributed by atoms with van der Waals surface area (Å²) in [5.74, 6) is -2.02. The summed E-state index contributed by atoms with van der Waals surface area (Å²) in [6.07, 6.45) is 0. The number of nitrogens with one attached hydrogen (secondary N) is 1. The zero-order chi connectivity index (χ0) is 15.6. The van der Waals surface area contributed by atoms with Crippen LogP contribution in [0.3, 0.4) is 0 Å². The highest BCUT2D eigenvalue weighted by molar-refractivity contribution is 9.10. The minimum atomic E-state index is -4.08. The summed E-state index contributed by atoms with van der Waals surface area (Å²) in [5.41, 5.74) is 5.44. The standard InChI is InChI=1S/C13H11BrF2N2O2S/c14-9-5-11(15)13(12(16)6-9)18-21(19,20)10-3-1-8(7-17)2-4-10/h1-6,18H,7,17H2. The number of hydrogen-bond donors (Lipinski definition) is 2. The minimum absolute atomic E-state index is 0.110. The predicted octanol–water partition coefficient (Wildman–Crippen LogP) is 2.99. The third-order valence-corrected chi connectivity index (χ3v) is 4.54. The summed E-state index contributed by atoms with van der Waals surface area (Å²) in [6, 6.07) is 7.64. The Balaban J connectivity index is 2.37. The van der Waals surface area contributed by atoms with Crippen LogP contribution in [-0.4, -0.2) is 8.42 Å². The molecular formula is C13H11BrF2N2O2S. The first kappa shape index (κ1) is 15.9. The fourth-order valence-corrected chi connectivity index (χ4v) is 3.12. The lowest BCUT2D eigenvalue weighted by Crippen LogP contribution is -2.15. The van der Waals surface area contributed by atoms with Crippen molar-refractivity contribution in [3.63, 3.8) is 0 Å². The first-order valence-corrected chi connectivity index (χ1v) is 8.07. The molecule has 0 amide bonds. The predicted molar refractivity (Wildman–Crippen MR) is 79.2 cm³/mol. The molecule has 2 rings (SSSR count). The normalized spacial score (nSPS) is 11.4. The van der Waals surface area contributed by atoms with Crippen molar-refractivity contribution in [1.82, 2.24) is 0 Å². The smallest absolute Gasteiger partial charge is 0.262 e. The van der Waals surface area contributed by atoms with Gasteiger partial charge in [-0.15, -0.1) is 0 Å². The maximum atomic E-state index is 13.7. The molecule has 3 N–H and O–H groups in total. The van der Waals surface area contributed by atoms with E-state index in [9.17, 15) is 17.2 Å². The first-order chi connectivity index (χ1) is 9.83. The molecule has 8 heteroatoms. The number of halogens is 3. The molecule has 0 unspecified atom stereocenters. The van der Waals surface area contributed by atoms with Gasteiger partial charge in [-0.2, -0.15) is 0 Å². The molecule has 0 fully saturated rings. The van der Waals surface area contributed by atoms with Crippen LogP contribution < -0.4 is 10.5 Å². The number of sulfonamides is 1. The average molecular weight is 377 g/mol. The number of anilines is 1. The van der Waals surface area contributed by atoms with E-state index in [4.69, 9.17) is 5.73 Å². The Morgan fingerprint density at radius 3 is 2.10 bits per heavy atom. The van der Waals surface area contributed by atoms with Crippen LogP contribution in [0.4, 0.5) is 14.5 Å². The number of nitrogens with two attached hydrogens (primary N) is 1. The second-order valence-corrected chi connectivity index (χ2v) is 6.80. The Kier molecular flexibility index (Phi) is 4.60. The molecular weight excluding hydrogens is 366 g/mol. The van der Waals surface area contributed by atoms with Crippen molar-refractivity contribution < 1.29 is 17.2 Å². The van der Waals surface area contributed by atoms with E-state index in [1.807, 2.05) is 4.72 Å². The number of hydrogen-bond acceptors (Lipinski definition) is 3. The molecule has 0 aromatic heterocycles. The number of rotatable bonds is 4. The van der Waals surface area contributed by atoms with Crippen LogP contribution >= 0.6 is 15.9 Å². The zero-order valence-corrected chi connectivity index (χ0v) is 13.0. The monoisotopic (exact) mass is 376 g/mol. The Bertz CT molecular complexity index is 741. The molecule has 0 aliphatic carbocycles. The Morgan fingerprint density at radius 2 is 1.62 bits per heavy atom. The summed E-state index contributed by atoms with van der Waals surface area (Å²) in [6.45, 7) is 0.268. The van der Waals surface area contributed by atoms with Gasteiger partial charge in [-0.1, -0.05) is 28.1 Å². The first-order valence-electron chi connectivity index (χ1n) is 5.80. The van der Waals surface area contributed by atoms with Gasteiger partial charge in [-0.25, -0.2) is 17.2 Å². The lowest BCUT2D eigenvalue weighted by molar-refractivity contribution is 0.582. The molecule has 0 saturated heterocycles. The largest absolute Gasteiger partial charge is 0.326 e. The lowest BCUT2D eigenvalue weighted by Gasteiger charge is -2.10. The van der Waals surface area contributed by atoms with Gasteiger partial charge in [0, 0.05) is 11.0 Å². The highest BCUT2D eigenvalue weighted by Crippen LogP contribution is 2.26. The Hall–Kier alpha value is -1.51. The molecule has 0 atom stereocenters. The fraction of sp³-hybridized carbons (Fsp3) is 0.0769. The van der Waals surface area contributed by atoms with Crippen LogP contribution in [-0.2, 0) is 16.6 Å². The SMILES string of the molecule is NCc1ccc(S(=O)(=O)Nc2c(F)cc(Br)cc2F)cc1. The molecule has 0 aliphatic heterocycles. The quantitative estimate of drug-likeness (QED) is 0.861. The Labute approximate surface area is 129 Å². The van der Waals surface area contributed by atoms with Crippen molar-refractivity contribution in [3.05, 3.63) is 58.1 Å². The molecule has 2 aromatic rings. The van der Waals surface area contributed by atoms with Crippen LogP contribution in [0.5, 0.6) is 0 Å². The van der Waals surface area contributed by atoms with Gasteiger partial charge in [0.25, 0.3) is 10.0 Å². The average Bonchev–Trinajstić information content (AvgIpc) is 2.43. The van der Waals surface area contributed by atoms with Gasteiger partial charge in [0.2, 0.25) is 0 Å². The van der Waals surface area contributed by atoms with E-state index in [0.29, 0.717) is 0 Å². The van der Waals surface area contributed by atoms with E-state index in [-0.39, 0.29) is 15.9 Å². The van der Waals surface area contributed by atoms with E-state index in [1.165, 1.54) is 24.3 Å². The maximum Gasteiger partial charge on any atom is 0.262 e. The summed E-state index contributed by atoms with van der Waals surface area (Å²) in [5, 5.41) is 0. The summed E-state index contributed by atoms with van der Waals surface area (Å²) in [4.78, 5) is -0.110. The van der Waals surface area contributed by atoms with Gasteiger partial charge in [0.15, 0.2) is 11.6 Å². The maximum absolute atomic E-state index is 13.7. The van der Waals surface area contributed by atoms with Crippen molar-refractivity contribution >= 4 is 31.6 Å². The minimum Gasteiger partial charge on any atom is -0.326 e. The summed E-state index contributed by atoms with van der Waals surface area (Å²) < 4.78 is 53.6. The summed E-state index contributed by atoms with van der Waals surface area (Å²) in [7, 11) is -4.08. The molecule has 0 aliphatic rings. The molecule has 0 heterocycles. The zero-order valence-electron chi connectivity index (χ0n) is 10.6. The second-order valence-electron chi connectivity index (χ2n) is 4.20. The van der Waals surface area contributed by atoms with Crippen molar-refractivity contribution in [3.8, 4) is 0 Å². The van der Waals surface area contributed by atoms with Crippen LogP contribution in [0.15, 0.2) is 45.8 Å². The lowest BCUT2D eigenvalue weighted by atomic mass is 10.2. The third kappa shape index (κ3) is 3.58. The van der Waals surface area contributed by atoms with Crippen molar-refractivity contribution in [2.24, 2.45) is 5.73 Å². The molecule has 4 nitrogen and oxygen atoms in total. The summed E-state index contributed by atoms with van der Waals surface area (Å²) >= 11 is 2.92. The topological polar surface area (TPSA) is 72.2 Å². The van der Waals surface area contributed by atoms with Crippen LogP contribution in [0, 0.1) is 11.6 Å². The van der Waals surface area contributed by atoms with Crippen molar-refractivity contribution in [2.75, 3.05) is 4.72 Å². The second kappa shape index (κ2) is 6.08. The van der Waals surface area contributed by atoms with Crippen LogP contribution in [0.1, 0.15) is 5.56 Å². The van der Waals surface area contributed by atoms with Crippen LogP contribution in [0.2, 0.25) is 0 Å². The van der Waals surface area contributed by atoms with E-state index in [0.717, 1.165) is 17.7 Å². The van der Waals surface area contributed by atoms with Gasteiger partial charge < -0.3 is 5.73 Å². The van der Waals surface area contributed by atoms with Gasteiger partial charge in [0.05, 0.1) is 4.90 Å². The third-order valence-electron chi connectivity index (χ3n) is 2.71. The molecule has 0 radical (unpaired) electrons. The van der Waals surface area contributed by atoms with Gasteiger partial charge >= 0.3 is 0 Å². The molecule has 2 aromatic carbocycles. The van der Waals surface area contributed by atoms with Crippen LogP contribution in [0.25, 0.3) is 0 Å². The van der Waals surface area contributed by atoms with Gasteiger partial charge in [-0.05, 0) is 29.8 Å². The van der Waals surface area contributed by atoms with E-state index < -0.39 is 27.3 Å². The molecule has 0 saturated carbocycles.